The van der Waals surface area contributed by atoms with Gasteiger partial charge in [-0.3, -0.25) is 4.79 Å². The van der Waals surface area contributed by atoms with E-state index in [2.05, 4.69) is 23.3 Å². The number of nitrogens with one attached hydrogen (secondary N) is 1. The zero-order valence-electron chi connectivity index (χ0n) is 21.2. The topological polar surface area (TPSA) is 115 Å². The van der Waals surface area contributed by atoms with Crippen molar-refractivity contribution in [1.29, 1.82) is 0 Å². The smallest absolute Gasteiger partial charge is 0.660 e. The van der Waals surface area contributed by atoms with Crippen molar-refractivity contribution in [2.45, 2.75) is 45.1 Å². The number of hydrogen-bond acceptors (Lipinski definition) is 9. The van der Waals surface area contributed by atoms with Gasteiger partial charge in [-0.15, -0.1) is 13.1 Å². The Morgan fingerprint density at radius 1 is 0.971 bits per heavy atom. The Bertz CT molecular complexity index is 531. The summed E-state index contributed by atoms with van der Waals surface area (Å²) in [4.78, 5) is 11.2. The van der Waals surface area contributed by atoms with Crippen LogP contribution >= 0.6 is 12.6 Å². The molecule has 1 atom stereocenters. The van der Waals surface area contributed by atoms with E-state index in [0.29, 0.717) is 71.6 Å². The molecule has 3 N–H and O–H groups in total. The first-order valence-corrected chi connectivity index (χ1v) is 12.7. The molecule has 0 aromatic carbocycles. The molecule has 0 fully saturated rings. The molecule has 0 aromatic rings. The molecule has 1 rings (SSSR count). The van der Waals surface area contributed by atoms with Crippen molar-refractivity contribution in [3.8, 4) is 0 Å². The summed E-state index contributed by atoms with van der Waals surface area (Å²) in [5.74, 6) is 0.789. The maximum Gasteiger partial charge on any atom is 1.00 e. The van der Waals surface area contributed by atoms with Crippen LogP contribution in [0, 0.1) is 0 Å². The van der Waals surface area contributed by atoms with E-state index in [-0.39, 0.29) is 69.9 Å². The summed E-state index contributed by atoms with van der Waals surface area (Å²) in [6.07, 6.45) is 4.84. The first-order chi connectivity index (χ1) is 16.1. The molecule has 1 unspecified atom stereocenters. The van der Waals surface area contributed by atoms with Crippen LogP contribution < -0.4 is 62.4 Å². The van der Waals surface area contributed by atoms with E-state index in [9.17, 15) is 4.79 Å². The normalized spacial score (nSPS) is 18.7. The van der Waals surface area contributed by atoms with Crippen LogP contribution in [0.2, 0.25) is 0 Å². The van der Waals surface area contributed by atoms with Gasteiger partial charge in [-0.25, -0.2) is 0 Å². The van der Waals surface area contributed by atoms with Gasteiger partial charge in [0.05, 0.1) is 58.0 Å². The number of carbonyl (C=O) groups excluding carboxylic acids is 1. The molecule has 0 aromatic heterocycles. The SMILES string of the molecule is CC(=O)COC1CCCCC/C(NCCOCCOCCOCCOCC[N-]CCS)=C\1N.[K+]. The molecule has 9 nitrogen and oxygen atoms in total. The van der Waals surface area contributed by atoms with Gasteiger partial charge < -0.3 is 40.1 Å². The zero-order chi connectivity index (χ0) is 24.0. The van der Waals surface area contributed by atoms with Crippen molar-refractivity contribution in [1.82, 2.24) is 5.32 Å². The molecule has 194 valence electrons. The number of nitrogens with zero attached hydrogens (tertiary/aromatic N) is 1. The molecule has 0 heterocycles. The number of Topliss-reactive ketones (excluding diaryl/α,β-unsaturated/α-hetero) is 1. The summed E-state index contributed by atoms with van der Waals surface area (Å²) in [5, 5.41) is 7.62. The summed E-state index contributed by atoms with van der Waals surface area (Å²) >= 11 is 4.10. The predicted molar refractivity (Wildman–Crippen MR) is 133 cm³/mol. The van der Waals surface area contributed by atoms with Gasteiger partial charge >= 0.3 is 51.4 Å². The summed E-state index contributed by atoms with van der Waals surface area (Å²) in [6.45, 7) is 8.20. The van der Waals surface area contributed by atoms with Crippen LogP contribution in [0.25, 0.3) is 5.32 Å². The maximum absolute atomic E-state index is 11.2. The second-order valence-corrected chi connectivity index (χ2v) is 8.25. The molecule has 0 saturated carbocycles. The maximum atomic E-state index is 11.2. The molecule has 1 aliphatic carbocycles. The van der Waals surface area contributed by atoms with Crippen LogP contribution in [0.4, 0.5) is 0 Å². The minimum absolute atomic E-state index is 0. The Kier molecular flexibility index (Phi) is 26.0. The fraction of sp³-hybridized carbons (Fsp3) is 0.870. The van der Waals surface area contributed by atoms with E-state index in [1.165, 1.54) is 6.92 Å². The summed E-state index contributed by atoms with van der Waals surface area (Å²) in [5.41, 5.74) is 8.07. The third kappa shape index (κ3) is 19.9. The Balaban J connectivity index is 0.0000109. The molecule has 0 bridgehead atoms. The average molecular weight is 530 g/mol. The number of ether oxygens (including phenoxy) is 5. The van der Waals surface area contributed by atoms with Crippen LogP contribution in [-0.2, 0) is 28.5 Å². The Morgan fingerprint density at radius 2 is 1.59 bits per heavy atom. The van der Waals surface area contributed by atoms with Crippen LogP contribution in [0.3, 0.4) is 0 Å². The summed E-state index contributed by atoms with van der Waals surface area (Å²) in [6, 6.07) is 0. The number of thiol groups is 1. The number of rotatable bonds is 21. The van der Waals surface area contributed by atoms with Gasteiger partial charge in [-0.05, 0) is 31.9 Å². The van der Waals surface area contributed by atoms with E-state index in [4.69, 9.17) is 29.4 Å². The molecular formula is C23H44KN3O6S. The molecule has 0 saturated heterocycles. The second kappa shape index (κ2) is 25.4. The molecule has 0 amide bonds. The first kappa shape index (κ1) is 34.8. The summed E-state index contributed by atoms with van der Waals surface area (Å²) < 4.78 is 27.7. The van der Waals surface area contributed by atoms with E-state index in [1.54, 1.807) is 0 Å². The monoisotopic (exact) mass is 529 g/mol. The number of hydrogen-bond donors (Lipinski definition) is 3. The van der Waals surface area contributed by atoms with Gasteiger partial charge in [-0.1, -0.05) is 12.8 Å². The van der Waals surface area contributed by atoms with E-state index >= 15 is 0 Å². The molecule has 1 aliphatic rings. The molecule has 34 heavy (non-hydrogen) atoms. The number of allylic oxidation sites excluding steroid dienone is 1. The quantitative estimate of drug-likeness (QED) is 0.0992. The fourth-order valence-electron chi connectivity index (χ4n) is 3.23. The minimum atomic E-state index is -0.196. The Morgan fingerprint density at radius 3 is 2.21 bits per heavy atom. The number of ketones is 1. The standard InChI is InChI=1S/C23H44N3O6S.K/c1-20(27)19-32-22-6-4-2-3-5-21(23(22)24)26-8-11-29-13-15-31-17-16-30-14-12-28-10-7-25-9-18-33;/h22,26,33H,2-19,24H2,1H3;/q-1;+1/b23-21-;. The van der Waals surface area contributed by atoms with Crippen LogP contribution in [0.5, 0.6) is 0 Å². The molecule has 11 heteroatoms. The first-order valence-electron chi connectivity index (χ1n) is 12.0. The molecular weight excluding hydrogens is 485 g/mol. The van der Waals surface area contributed by atoms with Crippen molar-refractivity contribution in [2.24, 2.45) is 5.73 Å². The third-order valence-electron chi connectivity index (χ3n) is 4.93. The van der Waals surface area contributed by atoms with Crippen LogP contribution in [-0.4, -0.2) is 96.7 Å². The van der Waals surface area contributed by atoms with Gasteiger partial charge in [0.25, 0.3) is 0 Å². The summed E-state index contributed by atoms with van der Waals surface area (Å²) in [7, 11) is 0. The largest absolute Gasteiger partial charge is 1.00 e. The van der Waals surface area contributed by atoms with Crippen molar-refractivity contribution < 1.29 is 79.9 Å². The fourth-order valence-corrected chi connectivity index (χ4v) is 3.37. The predicted octanol–water partition coefficient (Wildman–Crippen LogP) is -0.941. The third-order valence-corrected chi connectivity index (χ3v) is 5.13. The Labute approximate surface area is 253 Å². The number of carbonyl (C=O) groups is 1. The van der Waals surface area contributed by atoms with E-state index in [0.717, 1.165) is 50.1 Å². The molecule has 0 radical (unpaired) electrons. The van der Waals surface area contributed by atoms with E-state index < -0.39 is 0 Å². The molecule has 0 spiro atoms. The van der Waals surface area contributed by atoms with Gasteiger partial charge in [0, 0.05) is 18.8 Å². The van der Waals surface area contributed by atoms with Gasteiger partial charge in [0.1, 0.15) is 6.61 Å². The van der Waals surface area contributed by atoms with Crippen LogP contribution in [0.1, 0.15) is 39.0 Å². The van der Waals surface area contributed by atoms with Gasteiger partial charge in [-0.2, -0.15) is 12.6 Å². The van der Waals surface area contributed by atoms with E-state index in [1.807, 2.05) is 0 Å². The molecule has 0 aliphatic heterocycles. The number of nitrogens with two attached hydrogens (primary N) is 1. The van der Waals surface area contributed by atoms with Crippen molar-refractivity contribution in [2.75, 3.05) is 84.8 Å². The minimum Gasteiger partial charge on any atom is -0.660 e. The van der Waals surface area contributed by atoms with Crippen LogP contribution in [0.15, 0.2) is 11.4 Å². The van der Waals surface area contributed by atoms with Gasteiger partial charge in [0.2, 0.25) is 0 Å². The second-order valence-electron chi connectivity index (χ2n) is 7.81. The van der Waals surface area contributed by atoms with Crippen molar-refractivity contribution >= 4 is 18.4 Å². The van der Waals surface area contributed by atoms with Crippen molar-refractivity contribution in [3.05, 3.63) is 16.7 Å². The Hall–Kier alpha value is 0.756. The zero-order valence-corrected chi connectivity index (χ0v) is 25.2. The van der Waals surface area contributed by atoms with Gasteiger partial charge in [0.15, 0.2) is 5.78 Å². The average Bonchev–Trinajstić information content (AvgIpc) is 2.79. The van der Waals surface area contributed by atoms with Crippen molar-refractivity contribution in [3.63, 3.8) is 0 Å².